The minimum atomic E-state index is -1.04. The van der Waals surface area contributed by atoms with E-state index in [9.17, 15) is 14.3 Å². The second-order valence-electron chi connectivity index (χ2n) is 6.26. The number of amides is 1. The molecular weight excluding hydrogens is 309 g/mol. The van der Waals surface area contributed by atoms with Crippen molar-refractivity contribution in [1.82, 2.24) is 9.78 Å². The maximum Gasteiger partial charge on any atom is 0.227 e. The topological polar surface area (TPSA) is 67.2 Å². The molecule has 130 valence electrons. The molecule has 0 aliphatic carbocycles. The smallest absolute Gasteiger partial charge is 0.227 e. The lowest BCUT2D eigenvalue weighted by molar-refractivity contribution is -0.118. The number of halogens is 1. The normalized spacial score (nSPS) is 12.4. The molecule has 0 aliphatic heterocycles. The van der Waals surface area contributed by atoms with Crippen LogP contribution in [0.25, 0.3) is 0 Å². The summed E-state index contributed by atoms with van der Waals surface area (Å²) in [6.45, 7) is 7.00. The SMILES string of the molecule is CCc1c(NC(=O)CC(O)c2cccc(F)c2)cnn1CC(C)C. The Morgan fingerprint density at radius 2 is 2.17 bits per heavy atom. The van der Waals surface area contributed by atoms with Crippen molar-refractivity contribution in [1.29, 1.82) is 0 Å². The van der Waals surface area contributed by atoms with Crippen LogP contribution in [0.4, 0.5) is 10.1 Å². The van der Waals surface area contributed by atoms with Crippen molar-refractivity contribution >= 4 is 11.6 Å². The van der Waals surface area contributed by atoms with Gasteiger partial charge >= 0.3 is 0 Å². The zero-order chi connectivity index (χ0) is 17.7. The number of hydrogen-bond acceptors (Lipinski definition) is 3. The van der Waals surface area contributed by atoms with Crippen LogP contribution in [0.3, 0.4) is 0 Å². The quantitative estimate of drug-likeness (QED) is 0.817. The molecule has 2 rings (SSSR count). The highest BCUT2D eigenvalue weighted by molar-refractivity contribution is 5.91. The molecule has 1 atom stereocenters. The number of hydrogen-bond donors (Lipinski definition) is 2. The molecule has 0 radical (unpaired) electrons. The number of aliphatic hydroxyl groups excluding tert-OH is 1. The average molecular weight is 333 g/mol. The molecule has 2 N–H and O–H groups in total. The molecule has 5 nitrogen and oxygen atoms in total. The van der Waals surface area contributed by atoms with E-state index in [-0.39, 0.29) is 12.3 Å². The Morgan fingerprint density at radius 3 is 2.79 bits per heavy atom. The summed E-state index contributed by atoms with van der Waals surface area (Å²) in [5, 5.41) is 17.2. The van der Waals surface area contributed by atoms with Gasteiger partial charge in [-0.2, -0.15) is 5.10 Å². The van der Waals surface area contributed by atoms with Gasteiger partial charge in [0.05, 0.1) is 30.1 Å². The van der Waals surface area contributed by atoms with Gasteiger partial charge < -0.3 is 10.4 Å². The fourth-order valence-electron chi connectivity index (χ4n) is 2.60. The Bertz CT molecular complexity index is 697. The number of nitrogens with zero attached hydrogens (tertiary/aromatic N) is 2. The van der Waals surface area contributed by atoms with E-state index in [1.165, 1.54) is 18.2 Å². The summed E-state index contributed by atoms with van der Waals surface area (Å²) in [5.41, 5.74) is 2.00. The Hall–Kier alpha value is -2.21. The number of carbonyl (C=O) groups is 1. The lowest BCUT2D eigenvalue weighted by Gasteiger charge is -2.13. The average Bonchev–Trinajstić information content (AvgIpc) is 2.87. The summed E-state index contributed by atoms with van der Waals surface area (Å²) in [5.74, 6) is -0.311. The van der Waals surface area contributed by atoms with Crippen LogP contribution in [-0.4, -0.2) is 20.8 Å². The van der Waals surface area contributed by atoms with Crippen LogP contribution in [-0.2, 0) is 17.8 Å². The first kappa shape index (κ1) is 18.1. The van der Waals surface area contributed by atoms with Gasteiger partial charge in [-0.05, 0) is 30.0 Å². The van der Waals surface area contributed by atoms with Gasteiger partial charge in [-0.1, -0.05) is 32.9 Å². The van der Waals surface area contributed by atoms with Gasteiger partial charge in [0, 0.05) is 6.54 Å². The van der Waals surface area contributed by atoms with E-state index in [1.807, 2.05) is 11.6 Å². The lowest BCUT2D eigenvalue weighted by atomic mass is 10.1. The summed E-state index contributed by atoms with van der Waals surface area (Å²) >= 11 is 0. The van der Waals surface area contributed by atoms with E-state index in [2.05, 4.69) is 24.3 Å². The van der Waals surface area contributed by atoms with E-state index in [0.717, 1.165) is 18.7 Å². The first-order valence-corrected chi connectivity index (χ1v) is 8.18. The van der Waals surface area contributed by atoms with Gasteiger partial charge in [-0.3, -0.25) is 9.48 Å². The second kappa shape index (κ2) is 8.06. The molecule has 0 fully saturated rings. The van der Waals surface area contributed by atoms with Crippen LogP contribution < -0.4 is 5.32 Å². The third kappa shape index (κ3) is 4.64. The number of rotatable bonds is 7. The number of nitrogens with one attached hydrogen (secondary N) is 1. The number of aromatic nitrogens is 2. The van der Waals surface area contributed by atoms with Crippen molar-refractivity contribution in [2.45, 2.75) is 46.3 Å². The van der Waals surface area contributed by atoms with Crippen LogP contribution in [0.15, 0.2) is 30.5 Å². The molecule has 6 heteroatoms. The standard InChI is InChI=1S/C18H24FN3O2/c1-4-16-15(10-20-22(16)11-12(2)3)21-18(24)9-17(23)13-6-5-7-14(19)8-13/h5-8,10,12,17,23H,4,9,11H2,1-3H3,(H,21,24). The minimum Gasteiger partial charge on any atom is -0.388 e. The van der Waals surface area contributed by atoms with Gasteiger partial charge in [0.1, 0.15) is 5.82 Å². The van der Waals surface area contributed by atoms with E-state index < -0.39 is 11.9 Å². The number of anilines is 1. The summed E-state index contributed by atoms with van der Waals surface area (Å²) in [4.78, 5) is 12.2. The number of carbonyl (C=O) groups excluding carboxylic acids is 1. The Labute approximate surface area is 141 Å². The molecular formula is C18H24FN3O2. The van der Waals surface area contributed by atoms with E-state index in [0.29, 0.717) is 17.2 Å². The Kier molecular flexibility index (Phi) is 6.09. The van der Waals surface area contributed by atoms with Gasteiger partial charge in [-0.25, -0.2) is 4.39 Å². The highest BCUT2D eigenvalue weighted by Crippen LogP contribution is 2.21. The summed E-state index contributed by atoms with van der Waals surface area (Å²) in [6, 6.07) is 5.64. The molecule has 0 saturated carbocycles. The highest BCUT2D eigenvalue weighted by atomic mass is 19.1. The van der Waals surface area contributed by atoms with Crippen molar-refractivity contribution in [2.75, 3.05) is 5.32 Å². The van der Waals surface area contributed by atoms with Crippen molar-refractivity contribution in [3.05, 3.63) is 47.5 Å². The fraction of sp³-hybridized carbons (Fsp3) is 0.444. The van der Waals surface area contributed by atoms with E-state index in [1.54, 1.807) is 12.3 Å². The van der Waals surface area contributed by atoms with Crippen LogP contribution in [0, 0.1) is 11.7 Å². The summed E-state index contributed by atoms with van der Waals surface area (Å²) in [7, 11) is 0. The third-order valence-corrected chi connectivity index (χ3v) is 3.71. The first-order valence-electron chi connectivity index (χ1n) is 8.18. The van der Waals surface area contributed by atoms with E-state index in [4.69, 9.17) is 0 Å². The van der Waals surface area contributed by atoms with Crippen molar-refractivity contribution in [3.8, 4) is 0 Å². The van der Waals surface area contributed by atoms with Gasteiger partial charge in [0.15, 0.2) is 0 Å². The molecule has 0 bridgehead atoms. The number of aliphatic hydroxyl groups is 1. The third-order valence-electron chi connectivity index (χ3n) is 3.71. The molecule has 2 aromatic rings. The van der Waals surface area contributed by atoms with Crippen LogP contribution in [0.5, 0.6) is 0 Å². The molecule has 1 heterocycles. The maximum absolute atomic E-state index is 13.2. The van der Waals surface area contributed by atoms with Crippen molar-refractivity contribution in [3.63, 3.8) is 0 Å². The molecule has 0 aliphatic rings. The maximum atomic E-state index is 13.2. The zero-order valence-corrected chi connectivity index (χ0v) is 14.3. The lowest BCUT2D eigenvalue weighted by Crippen LogP contribution is -2.17. The van der Waals surface area contributed by atoms with Crippen molar-refractivity contribution < 1.29 is 14.3 Å². The van der Waals surface area contributed by atoms with Gasteiger partial charge in [0.2, 0.25) is 5.91 Å². The van der Waals surface area contributed by atoms with E-state index >= 15 is 0 Å². The predicted molar refractivity (Wildman–Crippen MR) is 91.0 cm³/mol. The molecule has 1 aromatic carbocycles. The Morgan fingerprint density at radius 1 is 1.42 bits per heavy atom. The molecule has 24 heavy (non-hydrogen) atoms. The predicted octanol–water partition coefficient (Wildman–Crippen LogP) is 3.30. The second-order valence-corrected chi connectivity index (χ2v) is 6.26. The summed E-state index contributed by atoms with van der Waals surface area (Å²) < 4.78 is 15.1. The first-order chi connectivity index (χ1) is 11.4. The Balaban J connectivity index is 2.03. The molecule has 1 aromatic heterocycles. The van der Waals surface area contributed by atoms with Crippen LogP contribution >= 0.6 is 0 Å². The van der Waals surface area contributed by atoms with Gasteiger partial charge in [-0.15, -0.1) is 0 Å². The monoisotopic (exact) mass is 333 g/mol. The molecule has 1 unspecified atom stereocenters. The largest absolute Gasteiger partial charge is 0.388 e. The number of benzene rings is 1. The zero-order valence-electron chi connectivity index (χ0n) is 14.3. The molecule has 0 spiro atoms. The van der Waals surface area contributed by atoms with Crippen LogP contribution in [0.2, 0.25) is 0 Å². The molecule has 1 amide bonds. The molecule has 0 saturated heterocycles. The highest BCUT2D eigenvalue weighted by Gasteiger charge is 2.17. The van der Waals surface area contributed by atoms with Gasteiger partial charge in [0.25, 0.3) is 0 Å². The van der Waals surface area contributed by atoms with Crippen LogP contribution in [0.1, 0.15) is 44.6 Å². The summed E-state index contributed by atoms with van der Waals surface area (Å²) in [6.07, 6.45) is 1.20. The minimum absolute atomic E-state index is 0.137. The van der Waals surface area contributed by atoms with Crippen molar-refractivity contribution in [2.24, 2.45) is 5.92 Å². The fourth-order valence-corrected chi connectivity index (χ4v) is 2.60.